The Morgan fingerprint density at radius 1 is 1.12 bits per heavy atom. The van der Waals surface area contributed by atoms with Crippen molar-refractivity contribution < 1.29 is 19.7 Å². The summed E-state index contributed by atoms with van der Waals surface area (Å²) in [5, 5.41) is 19.7. The van der Waals surface area contributed by atoms with E-state index in [1.165, 1.54) is 0 Å². The topological polar surface area (TPSA) is 70.0 Å². The molecule has 126 valence electrons. The van der Waals surface area contributed by atoms with Crippen LogP contribution in [0.2, 0.25) is 0 Å². The third-order valence-corrected chi connectivity index (χ3v) is 4.36. The summed E-state index contributed by atoms with van der Waals surface area (Å²) >= 11 is 0. The van der Waals surface area contributed by atoms with Crippen molar-refractivity contribution in [3.63, 3.8) is 0 Å². The van der Waals surface area contributed by atoms with Crippen LogP contribution in [0.3, 0.4) is 0 Å². The zero-order valence-electron chi connectivity index (χ0n) is 13.4. The minimum atomic E-state index is -0.996. The lowest BCUT2D eigenvalue weighted by Crippen LogP contribution is -2.30. The van der Waals surface area contributed by atoms with E-state index in [2.05, 4.69) is 4.90 Å². The molecule has 0 radical (unpaired) electrons. The standard InChI is InChI=1S/C19H21NO4/c21-18(22)13-24-17-9-5-4-6-15(17)12-20-11-10-19(23,14-20)16-7-2-1-3-8-16/h1-9,23H,10-14H2,(H,21,22). The number of rotatable bonds is 6. The number of carbonyl (C=O) groups is 1. The average molecular weight is 327 g/mol. The van der Waals surface area contributed by atoms with Crippen molar-refractivity contribution in [2.24, 2.45) is 0 Å². The van der Waals surface area contributed by atoms with Crippen LogP contribution in [0.25, 0.3) is 0 Å². The first-order valence-corrected chi connectivity index (χ1v) is 8.00. The summed E-state index contributed by atoms with van der Waals surface area (Å²) in [4.78, 5) is 12.9. The molecule has 1 fully saturated rings. The van der Waals surface area contributed by atoms with Gasteiger partial charge in [0, 0.05) is 25.2 Å². The number of aliphatic carboxylic acids is 1. The van der Waals surface area contributed by atoms with Gasteiger partial charge in [0.25, 0.3) is 0 Å². The smallest absolute Gasteiger partial charge is 0.341 e. The van der Waals surface area contributed by atoms with Gasteiger partial charge in [0.15, 0.2) is 6.61 Å². The molecular formula is C19H21NO4. The Hall–Kier alpha value is -2.37. The van der Waals surface area contributed by atoms with E-state index in [9.17, 15) is 9.90 Å². The molecule has 2 aromatic carbocycles. The summed E-state index contributed by atoms with van der Waals surface area (Å²) in [5.74, 6) is -0.417. The summed E-state index contributed by atoms with van der Waals surface area (Å²) < 4.78 is 5.36. The maximum absolute atomic E-state index is 10.9. The molecule has 5 nitrogen and oxygen atoms in total. The second kappa shape index (κ2) is 7.03. The highest BCUT2D eigenvalue weighted by Gasteiger charge is 2.37. The fourth-order valence-electron chi connectivity index (χ4n) is 3.15. The number of ether oxygens (including phenoxy) is 1. The van der Waals surface area contributed by atoms with Gasteiger partial charge in [-0.25, -0.2) is 4.79 Å². The van der Waals surface area contributed by atoms with E-state index in [-0.39, 0.29) is 6.61 Å². The Bertz CT molecular complexity index is 704. The van der Waals surface area contributed by atoms with Crippen LogP contribution in [0, 0.1) is 0 Å². The predicted molar refractivity (Wildman–Crippen MR) is 89.8 cm³/mol. The number of aliphatic hydroxyl groups is 1. The predicted octanol–water partition coefficient (Wildman–Crippen LogP) is 2.24. The molecule has 1 aliphatic rings. The molecular weight excluding hydrogens is 306 g/mol. The molecule has 1 atom stereocenters. The minimum absolute atomic E-state index is 0.356. The monoisotopic (exact) mass is 327 g/mol. The summed E-state index contributed by atoms with van der Waals surface area (Å²) in [6.07, 6.45) is 0.676. The van der Waals surface area contributed by atoms with Crippen LogP contribution >= 0.6 is 0 Å². The molecule has 0 bridgehead atoms. The average Bonchev–Trinajstić information content (AvgIpc) is 2.97. The van der Waals surface area contributed by atoms with E-state index in [1.807, 2.05) is 48.5 Å². The quantitative estimate of drug-likeness (QED) is 0.851. The number of hydrogen-bond donors (Lipinski definition) is 2. The number of hydrogen-bond acceptors (Lipinski definition) is 4. The zero-order chi connectivity index (χ0) is 17.0. The zero-order valence-corrected chi connectivity index (χ0v) is 13.4. The van der Waals surface area contributed by atoms with Crippen molar-refractivity contribution in [3.05, 3.63) is 65.7 Å². The molecule has 0 amide bonds. The molecule has 5 heteroatoms. The Morgan fingerprint density at radius 2 is 1.83 bits per heavy atom. The molecule has 1 unspecified atom stereocenters. The van der Waals surface area contributed by atoms with Gasteiger partial charge in [-0.05, 0) is 18.1 Å². The normalized spacial score (nSPS) is 20.9. The van der Waals surface area contributed by atoms with Gasteiger partial charge < -0.3 is 14.9 Å². The van der Waals surface area contributed by atoms with Gasteiger partial charge in [-0.1, -0.05) is 48.5 Å². The van der Waals surface area contributed by atoms with E-state index in [0.29, 0.717) is 25.3 Å². The maximum atomic E-state index is 10.9. The van der Waals surface area contributed by atoms with Crippen LogP contribution in [0.4, 0.5) is 0 Å². The minimum Gasteiger partial charge on any atom is -0.482 e. The second-order valence-corrected chi connectivity index (χ2v) is 6.15. The molecule has 1 heterocycles. The lowest BCUT2D eigenvalue weighted by Gasteiger charge is -2.24. The third-order valence-electron chi connectivity index (χ3n) is 4.36. The van der Waals surface area contributed by atoms with Gasteiger partial charge in [0.05, 0.1) is 0 Å². The second-order valence-electron chi connectivity index (χ2n) is 6.15. The van der Waals surface area contributed by atoms with Crippen molar-refractivity contribution in [2.75, 3.05) is 19.7 Å². The summed E-state index contributed by atoms with van der Waals surface area (Å²) in [7, 11) is 0. The van der Waals surface area contributed by atoms with E-state index in [4.69, 9.17) is 9.84 Å². The number of para-hydroxylation sites is 1. The first-order valence-electron chi connectivity index (χ1n) is 8.00. The van der Waals surface area contributed by atoms with Crippen LogP contribution < -0.4 is 4.74 Å². The first-order chi connectivity index (χ1) is 11.6. The Kier molecular flexibility index (Phi) is 4.83. The number of likely N-dealkylation sites (tertiary alicyclic amines) is 1. The molecule has 1 saturated heterocycles. The van der Waals surface area contributed by atoms with Crippen molar-refractivity contribution >= 4 is 5.97 Å². The van der Waals surface area contributed by atoms with Gasteiger partial charge in [0.1, 0.15) is 11.4 Å². The molecule has 2 aromatic rings. The van der Waals surface area contributed by atoms with Crippen LogP contribution in [0.5, 0.6) is 5.75 Å². The summed E-state index contributed by atoms with van der Waals surface area (Å²) in [6, 6.07) is 17.1. The fraction of sp³-hybridized carbons (Fsp3) is 0.316. The Labute approximate surface area is 141 Å². The van der Waals surface area contributed by atoms with Crippen LogP contribution in [-0.4, -0.2) is 40.8 Å². The highest BCUT2D eigenvalue weighted by atomic mass is 16.5. The van der Waals surface area contributed by atoms with Crippen LogP contribution in [-0.2, 0) is 16.9 Å². The number of carboxylic acids is 1. The number of β-amino-alcohol motifs (C(OH)–C–C–N with tert-alkyl or cyclic N) is 1. The number of carboxylic acid groups (broad SMARTS) is 1. The lowest BCUT2D eigenvalue weighted by molar-refractivity contribution is -0.139. The maximum Gasteiger partial charge on any atom is 0.341 e. The van der Waals surface area contributed by atoms with Gasteiger partial charge in [-0.3, -0.25) is 4.90 Å². The van der Waals surface area contributed by atoms with Crippen molar-refractivity contribution in [3.8, 4) is 5.75 Å². The lowest BCUT2D eigenvalue weighted by atomic mass is 9.93. The summed E-state index contributed by atoms with van der Waals surface area (Å²) in [6.45, 7) is 1.58. The molecule has 24 heavy (non-hydrogen) atoms. The highest BCUT2D eigenvalue weighted by Crippen LogP contribution is 2.33. The molecule has 0 spiro atoms. The Balaban J connectivity index is 1.69. The van der Waals surface area contributed by atoms with Crippen LogP contribution in [0.15, 0.2) is 54.6 Å². The van der Waals surface area contributed by atoms with Crippen molar-refractivity contribution in [1.29, 1.82) is 0 Å². The summed E-state index contributed by atoms with van der Waals surface area (Å²) in [5.41, 5.74) is 1.02. The SMILES string of the molecule is O=C(O)COc1ccccc1CN1CCC(O)(c2ccccc2)C1. The van der Waals surface area contributed by atoms with Crippen molar-refractivity contribution in [2.45, 2.75) is 18.6 Å². The molecule has 0 aliphatic carbocycles. The van der Waals surface area contributed by atoms with Gasteiger partial charge in [-0.2, -0.15) is 0 Å². The fourth-order valence-corrected chi connectivity index (χ4v) is 3.15. The van der Waals surface area contributed by atoms with Gasteiger partial charge in [0.2, 0.25) is 0 Å². The largest absolute Gasteiger partial charge is 0.482 e. The first kappa shape index (κ1) is 16.5. The third kappa shape index (κ3) is 3.75. The van der Waals surface area contributed by atoms with E-state index in [1.54, 1.807) is 6.07 Å². The molecule has 2 N–H and O–H groups in total. The molecule has 0 aromatic heterocycles. The van der Waals surface area contributed by atoms with E-state index in [0.717, 1.165) is 17.7 Å². The van der Waals surface area contributed by atoms with Gasteiger partial charge in [-0.15, -0.1) is 0 Å². The van der Waals surface area contributed by atoms with Crippen molar-refractivity contribution in [1.82, 2.24) is 4.90 Å². The highest BCUT2D eigenvalue weighted by molar-refractivity contribution is 5.68. The van der Waals surface area contributed by atoms with Gasteiger partial charge >= 0.3 is 5.97 Å². The molecule has 1 aliphatic heterocycles. The molecule has 0 saturated carbocycles. The number of benzene rings is 2. The van der Waals surface area contributed by atoms with E-state index < -0.39 is 11.6 Å². The van der Waals surface area contributed by atoms with E-state index >= 15 is 0 Å². The molecule has 3 rings (SSSR count). The number of nitrogens with zero attached hydrogens (tertiary/aromatic N) is 1. The van der Waals surface area contributed by atoms with Crippen LogP contribution in [0.1, 0.15) is 17.5 Å². The Morgan fingerprint density at radius 3 is 2.58 bits per heavy atom.